The first-order valence-electron chi connectivity index (χ1n) is 7.97. The second-order valence-corrected chi connectivity index (χ2v) is 5.61. The normalized spacial score (nSPS) is 16.6. The molecule has 1 aromatic rings. The lowest BCUT2D eigenvalue weighted by atomic mass is 10.2. The molecule has 24 heavy (non-hydrogen) atoms. The molecule has 3 amide bonds. The first-order valence-corrected chi connectivity index (χ1v) is 7.97. The third kappa shape index (κ3) is 4.38. The van der Waals surface area contributed by atoms with E-state index in [9.17, 15) is 9.59 Å². The van der Waals surface area contributed by atoms with Gasteiger partial charge in [-0.05, 0) is 31.2 Å². The highest BCUT2D eigenvalue weighted by Gasteiger charge is 2.32. The number of anilines is 1. The lowest BCUT2D eigenvalue weighted by Gasteiger charge is -2.20. The fraction of sp³-hybridized carbons (Fsp3) is 0.471. The van der Waals surface area contributed by atoms with Crippen LogP contribution in [0.4, 0.5) is 10.5 Å². The highest BCUT2D eigenvalue weighted by atomic mass is 16.5. The Kier molecular flexibility index (Phi) is 6.01. The summed E-state index contributed by atoms with van der Waals surface area (Å²) in [5, 5.41) is 11.4. The van der Waals surface area contributed by atoms with Crippen molar-refractivity contribution in [1.82, 2.24) is 10.2 Å². The Hall–Kier alpha value is -2.75. The number of nitriles is 1. The summed E-state index contributed by atoms with van der Waals surface area (Å²) >= 11 is 0. The van der Waals surface area contributed by atoms with E-state index in [2.05, 4.69) is 5.32 Å². The molecule has 1 unspecified atom stereocenters. The lowest BCUT2D eigenvalue weighted by molar-refractivity contribution is -0.117. The zero-order valence-electron chi connectivity index (χ0n) is 14.0. The molecule has 1 aliphatic rings. The van der Waals surface area contributed by atoms with Gasteiger partial charge in [0.25, 0.3) is 0 Å². The molecule has 1 atom stereocenters. The first-order chi connectivity index (χ1) is 11.5. The number of rotatable bonds is 6. The molecular formula is C17H22N4O3. The molecule has 128 valence electrons. The van der Waals surface area contributed by atoms with Gasteiger partial charge in [0.15, 0.2) is 0 Å². The summed E-state index contributed by atoms with van der Waals surface area (Å²) in [6.45, 7) is 3.31. The van der Waals surface area contributed by atoms with Crippen molar-refractivity contribution >= 4 is 17.6 Å². The predicted octanol–water partition coefficient (Wildman–Crippen LogP) is 1.75. The maximum atomic E-state index is 12.2. The fourth-order valence-corrected chi connectivity index (χ4v) is 2.55. The molecule has 0 aliphatic carbocycles. The van der Waals surface area contributed by atoms with Crippen molar-refractivity contribution in [3.8, 4) is 11.8 Å². The van der Waals surface area contributed by atoms with E-state index in [0.29, 0.717) is 19.7 Å². The molecule has 1 aromatic carbocycles. The summed E-state index contributed by atoms with van der Waals surface area (Å²) in [6, 6.07) is 8.83. The zero-order chi connectivity index (χ0) is 17.5. The molecule has 7 nitrogen and oxygen atoms in total. The van der Waals surface area contributed by atoms with Crippen LogP contribution in [0.3, 0.4) is 0 Å². The number of amides is 3. The molecule has 1 aliphatic heterocycles. The van der Waals surface area contributed by atoms with Crippen LogP contribution < -0.4 is 15.0 Å². The smallest absolute Gasteiger partial charge is 0.317 e. The molecule has 2 rings (SSSR count). The molecule has 1 fully saturated rings. The van der Waals surface area contributed by atoms with E-state index >= 15 is 0 Å². The first kappa shape index (κ1) is 17.6. The lowest BCUT2D eigenvalue weighted by Crippen LogP contribution is -2.44. The molecule has 0 saturated carbocycles. The number of carbonyl (C=O) groups is 2. The Bertz CT molecular complexity index is 624. The highest BCUT2D eigenvalue weighted by Crippen LogP contribution is 2.24. The molecule has 0 bridgehead atoms. The van der Waals surface area contributed by atoms with Crippen molar-refractivity contribution in [1.29, 1.82) is 5.26 Å². The highest BCUT2D eigenvalue weighted by molar-refractivity contribution is 5.96. The largest absolute Gasteiger partial charge is 0.494 e. The maximum Gasteiger partial charge on any atom is 0.317 e. The van der Waals surface area contributed by atoms with E-state index in [0.717, 1.165) is 11.4 Å². The molecule has 1 saturated heterocycles. The van der Waals surface area contributed by atoms with Crippen LogP contribution in [0.15, 0.2) is 24.3 Å². The summed E-state index contributed by atoms with van der Waals surface area (Å²) in [7, 11) is 1.63. The summed E-state index contributed by atoms with van der Waals surface area (Å²) in [5.41, 5.74) is 0.790. The molecule has 0 aromatic heterocycles. The SMILES string of the molecule is CCOc1ccc(N2CC(NC(=O)N(C)CCC#N)CC2=O)cc1. The van der Waals surface area contributed by atoms with Gasteiger partial charge < -0.3 is 19.9 Å². The Labute approximate surface area is 141 Å². The summed E-state index contributed by atoms with van der Waals surface area (Å²) in [6.07, 6.45) is 0.552. The number of hydrogen-bond acceptors (Lipinski definition) is 4. The van der Waals surface area contributed by atoms with Crippen LogP contribution in [0.25, 0.3) is 0 Å². The monoisotopic (exact) mass is 330 g/mol. The van der Waals surface area contributed by atoms with Gasteiger partial charge in [-0.25, -0.2) is 4.79 Å². The van der Waals surface area contributed by atoms with Crippen molar-refractivity contribution in [3.63, 3.8) is 0 Å². The Morgan fingerprint density at radius 2 is 2.17 bits per heavy atom. The van der Waals surface area contributed by atoms with Gasteiger partial charge in [-0.15, -0.1) is 0 Å². The predicted molar refractivity (Wildman–Crippen MR) is 89.8 cm³/mol. The quantitative estimate of drug-likeness (QED) is 0.861. The van der Waals surface area contributed by atoms with Gasteiger partial charge in [0, 0.05) is 32.2 Å². The van der Waals surface area contributed by atoms with Gasteiger partial charge >= 0.3 is 6.03 Å². The number of urea groups is 1. The van der Waals surface area contributed by atoms with Crippen LogP contribution >= 0.6 is 0 Å². The number of carbonyl (C=O) groups excluding carboxylic acids is 2. The van der Waals surface area contributed by atoms with Crippen molar-refractivity contribution in [2.45, 2.75) is 25.8 Å². The van der Waals surface area contributed by atoms with Crippen LogP contribution in [-0.4, -0.2) is 49.6 Å². The molecule has 0 radical (unpaired) electrons. The molecule has 0 spiro atoms. The van der Waals surface area contributed by atoms with E-state index in [1.165, 1.54) is 4.90 Å². The maximum absolute atomic E-state index is 12.2. The van der Waals surface area contributed by atoms with Gasteiger partial charge in [-0.3, -0.25) is 4.79 Å². The van der Waals surface area contributed by atoms with Crippen LogP contribution in [0.1, 0.15) is 19.8 Å². The van der Waals surface area contributed by atoms with Crippen molar-refractivity contribution in [2.24, 2.45) is 0 Å². The van der Waals surface area contributed by atoms with E-state index in [1.54, 1.807) is 11.9 Å². The minimum atomic E-state index is -0.267. The van der Waals surface area contributed by atoms with Gasteiger partial charge in [-0.1, -0.05) is 0 Å². The molecular weight excluding hydrogens is 308 g/mol. The fourth-order valence-electron chi connectivity index (χ4n) is 2.55. The van der Waals surface area contributed by atoms with Crippen molar-refractivity contribution < 1.29 is 14.3 Å². The van der Waals surface area contributed by atoms with Crippen LogP contribution in [0, 0.1) is 11.3 Å². The van der Waals surface area contributed by atoms with Crippen LogP contribution in [-0.2, 0) is 4.79 Å². The van der Waals surface area contributed by atoms with E-state index < -0.39 is 0 Å². The van der Waals surface area contributed by atoms with Crippen molar-refractivity contribution in [3.05, 3.63) is 24.3 Å². The van der Waals surface area contributed by atoms with E-state index in [1.807, 2.05) is 37.3 Å². The topological polar surface area (TPSA) is 85.7 Å². The molecule has 1 heterocycles. The standard InChI is InChI=1S/C17H22N4O3/c1-3-24-15-7-5-14(6-8-15)21-12-13(11-16(21)22)19-17(23)20(2)10-4-9-18/h5-8,13H,3-4,10-12H2,1-2H3,(H,19,23). The Balaban J connectivity index is 1.93. The number of nitrogens with zero attached hydrogens (tertiary/aromatic N) is 3. The third-order valence-electron chi connectivity index (χ3n) is 3.82. The van der Waals surface area contributed by atoms with E-state index in [4.69, 9.17) is 10.00 Å². The number of ether oxygens (including phenoxy) is 1. The minimum absolute atomic E-state index is 0.0239. The van der Waals surface area contributed by atoms with Gasteiger partial charge in [0.05, 0.1) is 25.1 Å². The van der Waals surface area contributed by atoms with Gasteiger partial charge in [0.2, 0.25) is 5.91 Å². The number of benzene rings is 1. The molecule has 7 heteroatoms. The minimum Gasteiger partial charge on any atom is -0.494 e. The van der Waals surface area contributed by atoms with Gasteiger partial charge in [-0.2, -0.15) is 5.26 Å². The summed E-state index contributed by atoms with van der Waals surface area (Å²) < 4.78 is 5.39. The molecule has 1 N–H and O–H groups in total. The second kappa shape index (κ2) is 8.20. The number of hydrogen-bond donors (Lipinski definition) is 1. The van der Waals surface area contributed by atoms with Gasteiger partial charge in [0.1, 0.15) is 5.75 Å². The van der Waals surface area contributed by atoms with Crippen LogP contribution in [0.2, 0.25) is 0 Å². The summed E-state index contributed by atoms with van der Waals surface area (Å²) in [4.78, 5) is 27.4. The second-order valence-electron chi connectivity index (χ2n) is 5.61. The number of nitrogens with one attached hydrogen (secondary N) is 1. The third-order valence-corrected chi connectivity index (χ3v) is 3.82. The Morgan fingerprint density at radius 3 is 2.79 bits per heavy atom. The Morgan fingerprint density at radius 1 is 1.46 bits per heavy atom. The zero-order valence-corrected chi connectivity index (χ0v) is 14.0. The van der Waals surface area contributed by atoms with Crippen molar-refractivity contribution in [2.75, 3.05) is 31.6 Å². The average Bonchev–Trinajstić information content (AvgIpc) is 2.94. The van der Waals surface area contributed by atoms with Crippen LogP contribution in [0.5, 0.6) is 5.75 Å². The van der Waals surface area contributed by atoms with E-state index in [-0.39, 0.29) is 30.8 Å². The average molecular weight is 330 g/mol. The summed E-state index contributed by atoms with van der Waals surface area (Å²) in [5.74, 6) is 0.737.